The van der Waals surface area contributed by atoms with Crippen LogP contribution in [0.15, 0.2) is 24.3 Å². The number of piperidine rings is 1. The molecule has 1 fully saturated rings. The van der Waals surface area contributed by atoms with E-state index in [9.17, 15) is 9.59 Å². The molecule has 2 unspecified atom stereocenters. The van der Waals surface area contributed by atoms with Crippen LogP contribution in [0.2, 0.25) is 0 Å². The number of amides is 1. The maximum absolute atomic E-state index is 12.9. The first-order valence-corrected chi connectivity index (χ1v) is 9.98. The molecule has 0 bridgehead atoms. The Labute approximate surface area is 166 Å². The lowest BCUT2D eigenvalue weighted by Crippen LogP contribution is -2.46. The van der Waals surface area contributed by atoms with Crippen molar-refractivity contribution in [1.29, 1.82) is 0 Å². The highest BCUT2D eigenvalue weighted by atomic mass is 16.4. The Morgan fingerprint density at radius 3 is 2.50 bits per heavy atom. The summed E-state index contributed by atoms with van der Waals surface area (Å²) in [6.45, 7) is 9.00. The van der Waals surface area contributed by atoms with Crippen LogP contribution in [-0.4, -0.2) is 44.3 Å². The molecule has 0 saturated carbocycles. The molecule has 1 aromatic carbocycles. The number of benzene rings is 1. The molecular formula is C22H29N3O3. The first kappa shape index (κ1) is 20.1. The minimum atomic E-state index is -0.810. The van der Waals surface area contributed by atoms with Crippen molar-refractivity contribution in [2.75, 3.05) is 6.54 Å². The third kappa shape index (κ3) is 3.96. The summed E-state index contributed by atoms with van der Waals surface area (Å²) in [5.41, 5.74) is 4.32. The Morgan fingerprint density at radius 1 is 1.18 bits per heavy atom. The molecule has 2 aromatic rings. The lowest BCUT2D eigenvalue weighted by molar-refractivity contribution is -0.136. The molecule has 150 valence electrons. The van der Waals surface area contributed by atoms with Gasteiger partial charge in [-0.05, 0) is 75.8 Å². The molecule has 28 heavy (non-hydrogen) atoms. The topological polar surface area (TPSA) is 75.4 Å². The monoisotopic (exact) mass is 383 g/mol. The molecule has 0 radical (unpaired) electrons. The van der Waals surface area contributed by atoms with Crippen molar-refractivity contribution in [3.63, 3.8) is 0 Å². The van der Waals surface area contributed by atoms with Crippen molar-refractivity contribution in [2.24, 2.45) is 5.92 Å². The Kier molecular flexibility index (Phi) is 5.87. The maximum Gasteiger partial charge on any atom is 0.303 e. The van der Waals surface area contributed by atoms with E-state index in [1.807, 2.05) is 47.7 Å². The standard InChI is InChI=1S/C22H29N3O3/c1-14-6-5-13-24(16(14)3)22(28)18-7-9-19(10-8-18)25-17(4)20(15(2)23-25)11-12-21(26)27/h7-10,14,16H,5-6,11-13H2,1-4H3,(H,26,27). The summed E-state index contributed by atoms with van der Waals surface area (Å²) in [6.07, 6.45) is 2.79. The minimum absolute atomic E-state index is 0.0844. The molecular weight excluding hydrogens is 354 g/mol. The van der Waals surface area contributed by atoms with Crippen LogP contribution in [0.5, 0.6) is 0 Å². The van der Waals surface area contributed by atoms with Gasteiger partial charge in [0, 0.05) is 30.3 Å². The third-order valence-corrected chi connectivity index (χ3v) is 6.02. The zero-order valence-electron chi connectivity index (χ0n) is 17.1. The molecule has 6 heteroatoms. The van der Waals surface area contributed by atoms with Crippen molar-refractivity contribution in [3.05, 3.63) is 46.8 Å². The summed E-state index contributed by atoms with van der Waals surface area (Å²) >= 11 is 0. The number of aliphatic carboxylic acids is 1. The summed E-state index contributed by atoms with van der Waals surface area (Å²) in [5, 5.41) is 13.5. The number of hydrogen-bond donors (Lipinski definition) is 1. The van der Waals surface area contributed by atoms with Gasteiger partial charge in [-0.25, -0.2) is 4.68 Å². The Balaban J connectivity index is 1.80. The molecule has 1 saturated heterocycles. The molecule has 1 amide bonds. The number of aromatic nitrogens is 2. The van der Waals surface area contributed by atoms with Crippen molar-refractivity contribution in [1.82, 2.24) is 14.7 Å². The molecule has 1 aliphatic heterocycles. The van der Waals surface area contributed by atoms with E-state index in [0.717, 1.165) is 35.6 Å². The number of hydrogen-bond acceptors (Lipinski definition) is 3. The average molecular weight is 383 g/mol. The maximum atomic E-state index is 12.9. The molecule has 1 aromatic heterocycles. The van der Waals surface area contributed by atoms with Crippen LogP contribution in [0, 0.1) is 19.8 Å². The normalized spacial score (nSPS) is 19.6. The summed E-state index contributed by atoms with van der Waals surface area (Å²) in [5.74, 6) is -0.201. The van der Waals surface area contributed by atoms with Crippen LogP contribution >= 0.6 is 0 Å². The fourth-order valence-electron chi connectivity index (χ4n) is 4.05. The van der Waals surface area contributed by atoms with Gasteiger partial charge < -0.3 is 10.0 Å². The third-order valence-electron chi connectivity index (χ3n) is 6.02. The van der Waals surface area contributed by atoms with Crippen LogP contribution in [-0.2, 0) is 11.2 Å². The molecule has 1 N–H and O–H groups in total. The van der Waals surface area contributed by atoms with Crippen molar-refractivity contribution in [2.45, 2.75) is 59.4 Å². The van der Waals surface area contributed by atoms with E-state index in [1.165, 1.54) is 6.42 Å². The van der Waals surface area contributed by atoms with Crippen LogP contribution in [0.4, 0.5) is 0 Å². The summed E-state index contributed by atoms with van der Waals surface area (Å²) in [7, 11) is 0. The zero-order chi connectivity index (χ0) is 20.4. The second kappa shape index (κ2) is 8.17. The molecule has 2 heterocycles. The Bertz CT molecular complexity index is 870. The van der Waals surface area contributed by atoms with E-state index in [0.29, 0.717) is 17.9 Å². The van der Waals surface area contributed by atoms with Crippen LogP contribution < -0.4 is 0 Å². The van der Waals surface area contributed by atoms with Gasteiger partial charge >= 0.3 is 5.97 Å². The highest BCUT2D eigenvalue weighted by Gasteiger charge is 2.29. The van der Waals surface area contributed by atoms with Gasteiger partial charge in [-0.2, -0.15) is 5.10 Å². The summed E-state index contributed by atoms with van der Waals surface area (Å²) in [6, 6.07) is 7.79. The van der Waals surface area contributed by atoms with Gasteiger partial charge in [-0.1, -0.05) is 6.92 Å². The number of rotatable bonds is 5. The number of carbonyl (C=O) groups is 2. The number of carboxylic acid groups (broad SMARTS) is 1. The lowest BCUT2D eigenvalue weighted by Gasteiger charge is -2.38. The van der Waals surface area contributed by atoms with Crippen LogP contribution in [0.3, 0.4) is 0 Å². The van der Waals surface area contributed by atoms with Crippen molar-refractivity contribution in [3.8, 4) is 5.69 Å². The predicted molar refractivity (Wildman–Crippen MR) is 108 cm³/mol. The molecule has 3 rings (SSSR count). The lowest BCUT2D eigenvalue weighted by atomic mass is 9.91. The van der Waals surface area contributed by atoms with E-state index >= 15 is 0 Å². The highest BCUT2D eigenvalue weighted by molar-refractivity contribution is 5.94. The first-order valence-electron chi connectivity index (χ1n) is 9.98. The molecule has 0 spiro atoms. The second-order valence-corrected chi connectivity index (χ2v) is 7.86. The number of likely N-dealkylation sites (tertiary alicyclic amines) is 1. The largest absolute Gasteiger partial charge is 0.481 e. The van der Waals surface area contributed by atoms with Gasteiger partial charge in [0.05, 0.1) is 11.4 Å². The molecule has 6 nitrogen and oxygen atoms in total. The van der Waals surface area contributed by atoms with Crippen LogP contribution in [0.1, 0.15) is 60.4 Å². The number of nitrogens with zero attached hydrogens (tertiary/aromatic N) is 3. The zero-order valence-corrected chi connectivity index (χ0v) is 17.1. The average Bonchev–Trinajstić information content (AvgIpc) is 2.95. The molecule has 1 aliphatic rings. The number of aryl methyl sites for hydroxylation is 1. The van der Waals surface area contributed by atoms with Crippen molar-refractivity contribution >= 4 is 11.9 Å². The molecule has 2 atom stereocenters. The Hall–Kier alpha value is -2.63. The smallest absolute Gasteiger partial charge is 0.303 e. The molecule has 0 aliphatic carbocycles. The SMILES string of the molecule is Cc1nn(-c2ccc(C(=O)N3CCCC(C)C3C)cc2)c(C)c1CCC(=O)O. The van der Waals surface area contributed by atoms with Gasteiger partial charge in [0.15, 0.2) is 0 Å². The van der Waals surface area contributed by atoms with Gasteiger partial charge in [0.2, 0.25) is 0 Å². The summed E-state index contributed by atoms with van der Waals surface area (Å²) < 4.78 is 1.83. The predicted octanol–water partition coefficient (Wildman–Crippen LogP) is 3.77. The van der Waals surface area contributed by atoms with Crippen LogP contribution in [0.25, 0.3) is 5.69 Å². The van der Waals surface area contributed by atoms with E-state index in [2.05, 4.69) is 18.9 Å². The Morgan fingerprint density at radius 2 is 1.86 bits per heavy atom. The minimum Gasteiger partial charge on any atom is -0.481 e. The van der Waals surface area contributed by atoms with Gasteiger partial charge in [-0.15, -0.1) is 0 Å². The number of carboxylic acids is 1. The van der Waals surface area contributed by atoms with E-state index in [4.69, 9.17) is 5.11 Å². The highest BCUT2D eigenvalue weighted by Crippen LogP contribution is 2.25. The van der Waals surface area contributed by atoms with Gasteiger partial charge in [-0.3, -0.25) is 9.59 Å². The van der Waals surface area contributed by atoms with E-state index in [-0.39, 0.29) is 18.4 Å². The quantitative estimate of drug-likeness (QED) is 0.853. The fourth-order valence-corrected chi connectivity index (χ4v) is 4.05. The number of carbonyl (C=O) groups excluding carboxylic acids is 1. The second-order valence-electron chi connectivity index (χ2n) is 7.86. The fraction of sp³-hybridized carbons (Fsp3) is 0.500. The van der Waals surface area contributed by atoms with Gasteiger partial charge in [0.25, 0.3) is 5.91 Å². The summed E-state index contributed by atoms with van der Waals surface area (Å²) in [4.78, 5) is 25.8. The van der Waals surface area contributed by atoms with Gasteiger partial charge in [0.1, 0.15) is 0 Å². The van der Waals surface area contributed by atoms with Crippen molar-refractivity contribution < 1.29 is 14.7 Å². The van der Waals surface area contributed by atoms with E-state index in [1.54, 1.807) is 0 Å². The van der Waals surface area contributed by atoms with E-state index < -0.39 is 5.97 Å². The first-order chi connectivity index (χ1) is 13.3.